The van der Waals surface area contributed by atoms with E-state index in [1.54, 1.807) is 24.3 Å². The van der Waals surface area contributed by atoms with E-state index in [1.165, 1.54) is 39.8 Å². The molecular formula is C51H54Cl2I2N2O6. The summed E-state index contributed by atoms with van der Waals surface area (Å²) in [6.45, 7) is 4.67. The summed E-state index contributed by atoms with van der Waals surface area (Å²) >= 11 is 18.2. The van der Waals surface area contributed by atoms with E-state index in [4.69, 9.17) is 42.1 Å². The molecule has 6 aromatic rings. The first-order valence-corrected chi connectivity index (χ1v) is 24.1. The van der Waals surface area contributed by atoms with Crippen molar-refractivity contribution >= 4 is 102 Å². The fourth-order valence-electron chi connectivity index (χ4n) is 8.16. The molecule has 0 aliphatic heterocycles. The van der Waals surface area contributed by atoms with E-state index in [0.29, 0.717) is 71.6 Å². The lowest BCUT2D eigenvalue weighted by Crippen LogP contribution is -2.47. The van der Waals surface area contributed by atoms with Gasteiger partial charge in [0.2, 0.25) is 0 Å². The highest BCUT2D eigenvalue weighted by Gasteiger charge is 2.42. The Balaban J connectivity index is 1.26. The van der Waals surface area contributed by atoms with E-state index < -0.39 is 29.8 Å². The van der Waals surface area contributed by atoms with E-state index in [1.807, 2.05) is 64.0 Å². The Morgan fingerprint density at radius 1 is 0.540 bits per heavy atom. The molecule has 0 heterocycles. The Bertz CT molecular complexity index is 2400. The molecule has 0 N–H and O–H groups in total. The number of carbonyl (C=O) groups is 2. The Hall–Kier alpha value is -3.66. The minimum Gasteiger partial charge on any atom is -0.492 e. The number of benzene rings is 6. The number of hydrogen-bond acceptors (Lipinski definition) is 8. The molecule has 0 saturated heterocycles. The van der Waals surface area contributed by atoms with Gasteiger partial charge in [-0.25, -0.2) is 0 Å². The number of carbonyl (C=O) groups excluding carboxylic acids is 2. The normalized spacial score (nSPS) is 13.5. The van der Waals surface area contributed by atoms with Gasteiger partial charge in [-0.15, -0.1) is 0 Å². The summed E-state index contributed by atoms with van der Waals surface area (Å²) in [5.74, 6) is -0.410. The summed E-state index contributed by atoms with van der Waals surface area (Å²) in [7, 11) is 7.43. The van der Waals surface area contributed by atoms with Crippen molar-refractivity contribution in [3.8, 4) is 11.5 Å². The van der Waals surface area contributed by atoms with E-state index >= 15 is 0 Å². The minimum atomic E-state index is -1.28. The molecule has 2 atom stereocenters. The molecule has 0 aromatic heterocycles. The lowest BCUT2D eigenvalue weighted by Gasteiger charge is -2.41. The fourth-order valence-corrected chi connectivity index (χ4v) is 9.66. The molecule has 2 unspecified atom stereocenters. The van der Waals surface area contributed by atoms with Crippen molar-refractivity contribution < 1.29 is 28.5 Å². The number of fused-ring (bicyclic) bond motifs is 2. The maximum Gasteiger partial charge on any atom is 0.319 e. The Labute approximate surface area is 408 Å². The quantitative estimate of drug-likeness (QED) is 0.0324. The molecule has 0 spiro atoms. The Kier molecular flexibility index (Phi) is 17.0. The fraction of sp³-hybridized carbons (Fsp3) is 0.333. The van der Waals surface area contributed by atoms with Crippen molar-refractivity contribution in [2.75, 3.05) is 41.4 Å². The third-order valence-electron chi connectivity index (χ3n) is 11.4. The zero-order valence-electron chi connectivity index (χ0n) is 36.6. The number of nitrogens with zero attached hydrogens (tertiary/aromatic N) is 2. The lowest BCUT2D eigenvalue weighted by molar-refractivity contribution is -0.197. The Morgan fingerprint density at radius 3 is 1.29 bits per heavy atom. The SMILES string of the molecule is CCOc1ccc(C(CCCc2ccc3cc(I)ccc3c2)(OC(=O)CC(=O)OC(CCCc2ccc3cc(I)ccc3c2)(c2ccc(OCC)c(Cl)c2)N(C)C)N(C)C)cc1Cl. The molecule has 6 aromatic carbocycles. The van der Waals surface area contributed by atoms with Crippen LogP contribution >= 0.6 is 68.4 Å². The number of esters is 2. The van der Waals surface area contributed by atoms with Gasteiger partial charge in [0.15, 0.2) is 11.4 Å². The first-order valence-electron chi connectivity index (χ1n) is 21.2. The zero-order chi connectivity index (χ0) is 45.3. The summed E-state index contributed by atoms with van der Waals surface area (Å²) in [6.07, 6.45) is 2.98. The van der Waals surface area contributed by atoms with Gasteiger partial charge in [-0.05, 0) is 206 Å². The summed E-state index contributed by atoms with van der Waals surface area (Å²) in [6, 6.07) is 36.6. The third-order valence-corrected chi connectivity index (χ3v) is 13.3. The number of hydrogen-bond donors (Lipinski definition) is 0. The first-order chi connectivity index (χ1) is 30.2. The van der Waals surface area contributed by atoms with Crippen molar-refractivity contribution in [1.82, 2.24) is 9.80 Å². The zero-order valence-corrected chi connectivity index (χ0v) is 42.4. The van der Waals surface area contributed by atoms with Gasteiger partial charge in [-0.2, -0.15) is 0 Å². The molecule has 6 rings (SSSR count). The van der Waals surface area contributed by atoms with Gasteiger partial charge in [0, 0.05) is 31.1 Å². The molecule has 12 heteroatoms. The number of aryl methyl sites for hydroxylation is 2. The van der Waals surface area contributed by atoms with Crippen molar-refractivity contribution in [2.24, 2.45) is 0 Å². The van der Waals surface area contributed by atoms with Crippen molar-refractivity contribution in [3.05, 3.63) is 149 Å². The van der Waals surface area contributed by atoms with Crippen LogP contribution in [0, 0.1) is 7.14 Å². The standard InChI is InChI=1S/C51H54Cl2I2N2O6/c1-7-60-46-23-19-40(31-44(46)52)50(56(3)4,25-9-11-34-13-15-38-29-42(54)21-17-36(38)27-34)62-48(58)33-49(59)63-51(57(5)6,41-20-24-47(61-8-2)45(53)32-41)26-10-12-35-14-16-39-30-43(55)22-18-37(39)28-35/h13-24,27-32H,7-12,25-26,33H2,1-6H3. The topological polar surface area (TPSA) is 77.5 Å². The van der Waals surface area contributed by atoms with Gasteiger partial charge in [-0.1, -0.05) is 71.7 Å². The molecule has 0 aliphatic carbocycles. The molecule has 8 nitrogen and oxygen atoms in total. The van der Waals surface area contributed by atoms with Crippen molar-refractivity contribution in [2.45, 2.75) is 70.2 Å². The Morgan fingerprint density at radius 2 is 0.921 bits per heavy atom. The molecular weight excluding hydrogens is 1060 g/mol. The third kappa shape index (κ3) is 12.0. The van der Waals surface area contributed by atoms with Gasteiger partial charge in [0.25, 0.3) is 0 Å². The van der Waals surface area contributed by atoms with Crippen LogP contribution in [-0.4, -0.2) is 63.1 Å². The second kappa shape index (κ2) is 22.0. The van der Waals surface area contributed by atoms with Crippen LogP contribution in [0.4, 0.5) is 0 Å². The predicted molar refractivity (Wildman–Crippen MR) is 272 cm³/mol. The number of ether oxygens (including phenoxy) is 4. The van der Waals surface area contributed by atoms with Crippen molar-refractivity contribution in [1.29, 1.82) is 0 Å². The van der Waals surface area contributed by atoms with Crippen LogP contribution in [0.3, 0.4) is 0 Å². The molecule has 0 radical (unpaired) electrons. The van der Waals surface area contributed by atoms with E-state index in [2.05, 4.69) is 118 Å². The van der Waals surface area contributed by atoms with Gasteiger partial charge in [0.05, 0.1) is 23.3 Å². The summed E-state index contributed by atoms with van der Waals surface area (Å²) < 4.78 is 26.8. The number of rotatable bonds is 20. The van der Waals surface area contributed by atoms with Crippen LogP contribution in [0.25, 0.3) is 21.5 Å². The maximum absolute atomic E-state index is 14.2. The molecule has 0 fully saturated rings. The second-order valence-electron chi connectivity index (χ2n) is 16.0. The highest BCUT2D eigenvalue weighted by molar-refractivity contribution is 14.1. The van der Waals surface area contributed by atoms with Crippen LogP contribution in [0.1, 0.15) is 68.2 Å². The van der Waals surface area contributed by atoms with E-state index in [0.717, 1.165) is 12.8 Å². The second-order valence-corrected chi connectivity index (χ2v) is 19.3. The molecule has 0 aliphatic rings. The highest BCUT2D eigenvalue weighted by Crippen LogP contribution is 2.41. The molecule has 0 bridgehead atoms. The first kappa shape index (κ1) is 48.8. The van der Waals surface area contributed by atoms with Gasteiger partial charge >= 0.3 is 11.9 Å². The van der Waals surface area contributed by atoms with Gasteiger partial charge < -0.3 is 18.9 Å². The van der Waals surface area contributed by atoms with Crippen LogP contribution in [0.5, 0.6) is 11.5 Å². The van der Waals surface area contributed by atoms with Crippen LogP contribution in [0.15, 0.2) is 109 Å². The molecule has 0 amide bonds. The summed E-state index contributed by atoms with van der Waals surface area (Å²) in [4.78, 5) is 32.2. The van der Waals surface area contributed by atoms with Crippen LogP contribution in [-0.2, 0) is 43.4 Å². The summed E-state index contributed by atoms with van der Waals surface area (Å²) in [5.41, 5.74) is 1.09. The summed E-state index contributed by atoms with van der Waals surface area (Å²) in [5, 5.41) is 5.48. The largest absolute Gasteiger partial charge is 0.492 e. The van der Waals surface area contributed by atoms with Gasteiger partial charge in [-0.3, -0.25) is 19.4 Å². The maximum atomic E-state index is 14.2. The van der Waals surface area contributed by atoms with Crippen LogP contribution in [0.2, 0.25) is 10.0 Å². The lowest BCUT2D eigenvalue weighted by atomic mass is 9.93. The molecule has 63 heavy (non-hydrogen) atoms. The smallest absolute Gasteiger partial charge is 0.319 e. The highest BCUT2D eigenvalue weighted by atomic mass is 127. The van der Waals surface area contributed by atoms with Gasteiger partial charge in [0.1, 0.15) is 17.9 Å². The molecule has 332 valence electrons. The average molecular weight is 1120 g/mol. The predicted octanol–water partition coefficient (Wildman–Crippen LogP) is 13.0. The van der Waals surface area contributed by atoms with Crippen molar-refractivity contribution in [3.63, 3.8) is 0 Å². The van der Waals surface area contributed by atoms with E-state index in [9.17, 15) is 9.59 Å². The average Bonchev–Trinajstić information content (AvgIpc) is 3.24. The minimum absolute atomic E-state index is 0.392. The van der Waals surface area contributed by atoms with Crippen LogP contribution < -0.4 is 9.47 Å². The van der Waals surface area contributed by atoms with E-state index in [-0.39, 0.29) is 0 Å². The molecule has 0 saturated carbocycles. The monoisotopic (exact) mass is 1110 g/mol. The number of halogens is 4.